The fraction of sp³-hybridized carbons (Fsp3) is 0.467. The van der Waals surface area contributed by atoms with Crippen LogP contribution in [-0.2, 0) is 22.5 Å². The number of piperidine rings is 2. The summed E-state index contributed by atoms with van der Waals surface area (Å²) in [7, 11) is 3.45. The number of rotatable bonds is 6. The van der Waals surface area contributed by atoms with Crippen molar-refractivity contribution in [3.8, 4) is 0 Å². The number of hydrogen-bond acceptors (Lipinski definition) is 10. The first-order valence-electron chi connectivity index (χ1n) is 21.0. The van der Waals surface area contributed by atoms with E-state index in [1.54, 1.807) is 37.1 Å². The number of halogens is 2. The summed E-state index contributed by atoms with van der Waals surface area (Å²) in [6, 6.07) is 11.5. The predicted octanol–water partition coefficient (Wildman–Crippen LogP) is 5.52. The van der Waals surface area contributed by atoms with Gasteiger partial charge < -0.3 is 35.3 Å². The van der Waals surface area contributed by atoms with Crippen molar-refractivity contribution in [2.75, 3.05) is 39.1 Å². The van der Waals surface area contributed by atoms with Gasteiger partial charge in [0.25, 0.3) is 11.8 Å². The molecule has 0 aliphatic carbocycles. The van der Waals surface area contributed by atoms with Gasteiger partial charge in [-0.05, 0) is 106 Å². The van der Waals surface area contributed by atoms with Gasteiger partial charge in [-0.3, -0.25) is 29.7 Å². The second kappa shape index (κ2) is 18.5. The fourth-order valence-corrected chi connectivity index (χ4v) is 8.92. The van der Waals surface area contributed by atoms with Crippen molar-refractivity contribution < 1.29 is 33.0 Å². The van der Waals surface area contributed by atoms with Crippen molar-refractivity contribution in [1.82, 2.24) is 29.7 Å². The molecule has 16 heteroatoms. The van der Waals surface area contributed by atoms with Gasteiger partial charge in [-0.2, -0.15) is 0 Å². The Morgan fingerprint density at radius 2 is 1.87 bits per heavy atom. The molecule has 2 bridgehead atoms. The molecule has 5 N–H and O–H groups in total. The lowest BCUT2D eigenvalue weighted by molar-refractivity contribution is -0.127. The summed E-state index contributed by atoms with van der Waals surface area (Å²) in [6.45, 7) is 8.25. The van der Waals surface area contributed by atoms with Gasteiger partial charge in [-0.25, -0.2) is 13.8 Å². The maximum atomic E-state index is 15.2. The maximum Gasteiger partial charge on any atom is 0.258 e. The van der Waals surface area contributed by atoms with Crippen LogP contribution in [0.5, 0.6) is 0 Å². The molecule has 61 heavy (non-hydrogen) atoms. The van der Waals surface area contributed by atoms with Gasteiger partial charge in [0, 0.05) is 86.7 Å². The quantitative estimate of drug-likeness (QED) is 0.194. The molecule has 0 spiro atoms. The first-order valence-corrected chi connectivity index (χ1v) is 21.0. The maximum absolute atomic E-state index is 15.2. The van der Waals surface area contributed by atoms with E-state index >= 15 is 8.78 Å². The highest BCUT2D eigenvalue weighted by Gasteiger charge is 2.34. The van der Waals surface area contributed by atoms with Crippen molar-refractivity contribution in [2.45, 2.75) is 96.5 Å². The summed E-state index contributed by atoms with van der Waals surface area (Å²) in [6.07, 6.45) is 3.73. The van der Waals surface area contributed by atoms with E-state index in [4.69, 9.17) is 15.5 Å². The highest BCUT2D eigenvalue weighted by molar-refractivity contribution is 6.19. The van der Waals surface area contributed by atoms with Crippen LogP contribution in [0, 0.1) is 24.5 Å². The van der Waals surface area contributed by atoms with E-state index in [1.807, 2.05) is 23.7 Å². The van der Waals surface area contributed by atoms with Crippen molar-refractivity contribution >= 4 is 46.2 Å². The smallest absolute Gasteiger partial charge is 0.258 e. The van der Waals surface area contributed by atoms with E-state index in [1.165, 1.54) is 18.3 Å². The molecule has 3 amide bonds. The van der Waals surface area contributed by atoms with E-state index in [0.29, 0.717) is 83.7 Å². The van der Waals surface area contributed by atoms with Crippen LogP contribution >= 0.6 is 0 Å². The number of imidazole rings is 1. The Morgan fingerprint density at radius 3 is 2.57 bits per heavy atom. The number of ether oxygens (including phenoxy) is 1. The number of likely N-dealkylation sites (tertiary alicyclic amines) is 1. The molecular formula is C45H55F2N9O5. The third kappa shape index (κ3) is 9.44. The predicted molar refractivity (Wildman–Crippen MR) is 229 cm³/mol. The van der Waals surface area contributed by atoms with Gasteiger partial charge in [-0.1, -0.05) is 6.92 Å². The van der Waals surface area contributed by atoms with Crippen LogP contribution in [0.2, 0.25) is 0 Å². The van der Waals surface area contributed by atoms with Crippen LogP contribution in [-0.4, -0.2) is 105 Å². The second-order valence-electron chi connectivity index (χ2n) is 16.7. The van der Waals surface area contributed by atoms with Crippen molar-refractivity contribution in [1.29, 1.82) is 0 Å². The van der Waals surface area contributed by atoms with Crippen molar-refractivity contribution in [2.24, 2.45) is 16.6 Å². The summed E-state index contributed by atoms with van der Waals surface area (Å²) in [5.41, 5.74) is 10.1. The van der Waals surface area contributed by atoms with Crippen LogP contribution in [0.1, 0.15) is 102 Å². The Hall–Kier alpha value is -5.74. The standard InChI is InChI=1S/C45H55F2N9O5/c1-25-7-6-16-61-43(49-4)33(23-48)37-21-30(17-26(2)50-37)41(58)53-45-51-36-10-8-29(22-38(36)56(45)24-25)44(60)54(5)31-13-15-55(27(3)18-31)14-12-28-19-34(46)40(35(47)20-28)32-9-11-39(57)52-42(32)59/h8,10,17,19-23,25,27,31-32,42,59H,6-7,9,11-16,18,24,48H2,1-5H3,(H,52,57)(H,51,53,58)/t25-,27+,31+,32-,42?/m1/s1. The minimum Gasteiger partial charge on any atom is -0.477 e. The molecule has 5 heterocycles. The number of aliphatic imine (C=N–C) groups is 1. The number of amides is 3. The summed E-state index contributed by atoms with van der Waals surface area (Å²) in [5.74, 6) is -2.25. The molecule has 3 aliphatic rings. The first-order chi connectivity index (χ1) is 29.2. The molecule has 5 atom stereocenters. The number of pyridine rings is 1. The Labute approximate surface area is 354 Å². The number of carbonyl (C=O) groups is 3. The van der Waals surface area contributed by atoms with Crippen molar-refractivity contribution in [3.63, 3.8) is 0 Å². The average molecular weight is 840 g/mol. The molecule has 2 fully saturated rings. The van der Waals surface area contributed by atoms with Crippen LogP contribution in [0.15, 0.2) is 53.7 Å². The summed E-state index contributed by atoms with van der Waals surface area (Å²) in [5, 5.41) is 15.6. The monoisotopic (exact) mass is 839 g/mol. The van der Waals surface area contributed by atoms with Gasteiger partial charge in [0.2, 0.25) is 17.8 Å². The lowest BCUT2D eigenvalue weighted by atomic mass is 9.88. The fourth-order valence-electron chi connectivity index (χ4n) is 8.92. The van der Waals surface area contributed by atoms with E-state index in [-0.39, 0.29) is 54.1 Å². The number of aromatic nitrogens is 3. The number of carbonyl (C=O) groups excluding carboxylic acids is 3. The molecule has 0 saturated carbocycles. The Balaban J connectivity index is 1.04. The third-order valence-electron chi connectivity index (χ3n) is 12.3. The number of aliphatic hydroxyl groups excluding tert-OH is 1. The molecular weight excluding hydrogens is 785 g/mol. The van der Waals surface area contributed by atoms with Gasteiger partial charge in [0.05, 0.1) is 28.9 Å². The highest BCUT2D eigenvalue weighted by atomic mass is 19.1. The largest absolute Gasteiger partial charge is 0.477 e. The summed E-state index contributed by atoms with van der Waals surface area (Å²) < 4.78 is 38.5. The van der Waals surface area contributed by atoms with Gasteiger partial charge in [0.15, 0.2) is 0 Å². The molecule has 7 rings (SSSR count). The Kier molecular flexibility index (Phi) is 13.1. The van der Waals surface area contributed by atoms with Crippen LogP contribution in [0.25, 0.3) is 16.6 Å². The number of nitrogens with two attached hydrogens (primary N) is 1. The minimum atomic E-state index is -1.34. The molecule has 324 valence electrons. The number of nitrogens with one attached hydrogen (secondary N) is 2. The van der Waals surface area contributed by atoms with Crippen LogP contribution in [0.3, 0.4) is 0 Å². The Morgan fingerprint density at radius 1 is 1.10 bits per heavy atom. The van der Waals surface area contributed by atoms with E-state index in [9.17, 15) is 19.5 Å². The Bertz CT molecular complexity index is 2360. The number of fused-ring (bicyclic) bond motifs is 5. The molecule has 14 nitrogen and oxygen atoms in total. The van der Waals surface area contributed by atoms with E-state index in [0.717, 1.165) is 31.2 Å². The normalized spacial score (nSPS) is 24.4. The average Bonchev–Trinajstić information content (AvgIpc) is 3.55. The lowest BCUT2D eigenvalue weighted by Gasteiger charge is -2.41. The number of aliphatic hydroxyl groups is 1. The lowest BCUT2D eigenvalue weighted by Crippen LogP contribution is -2.49. The topological polar surface area (TPSA) is 180 Å². The number of hydrogen-bond donors (Lipinski definition) is 4. The summed E-state index contributed by atoms with van der Waals surface area (Å²) >= 11 is 0. The molecule has 0 radical (unpaired) electrons. The molecule has 2 aromatic heterocycles. The zero-order valence-electron chi connectivity index (χ0n) is 35.4. The zero-order valence-corrected chi connectivity index (χ0v) is 35.4. The SMILES string of the molecule is CN=C1OCCC[C@@H](C)Cn2c(nc3ccc(C(=O)N(C)[C@H]4CCN(CCc5cc(F)c([C@H]6CCC(=O)NC6O)c(F)c5)[C@@H](C)C4)cc32)NC(=O)c2cc(C)nc(c2)C1=CN. The van der Waals surface area contributed by atoms with Crippen LogP contribution in [0.4, 0.5) is 14.7 Å². The molecule has 4 aromatic rings. The van der Waals surface area contributed by atoms with E-state index < -0.39 is 23.8 Å². The van der Waals surface area contributed by atoms with Gasteiger partial charge in [-0.15, -0.1) is 0 Å². The minimum absolute atomic E-state index is 0.0303. The number of anilines is 1. The first kappa shape index (κ1) is 43.4. The molecule has 3 aliphatic heterocycles. The zero-order chi connectivity index (χ0) is 43.5. The van der Waals surface area contributed by atoms with Gasteiger partial charge in [0.1, 0.15) is 17.9 Å². The van der Waals surface area contributed by atoms with Crippen LogP contribution < -0.4 is 16.4 Å². The summed E-state index contributed by atoms with van der Waals surface area (Å²) in [4.78, 5) is 57.4. The highest BCUT2D eigenvalue weighted by Crippen LogP contribution is 2.33. The molecule has 1 unspecified atom stereocenters. The molecule has 2 saturated heterocycles. The molecule has 2 aromatic carbocycles. The third-order valence-corrected chi connectivity index (χ3v) is 12.3. The number of nitrogens with zero attached hydrogens (tertiary/aromatic N) is 6. The number of benzene rings is 2. The second-order valence-corrected chi connectivity index (χ2v) is 16.7. The van der Waals surface area contributed by atoms with E-state index in [2.05, 4.69) is 39.4 Å². The van der Waals surface area contributed by atoms with Crippen molar-refractivity contribution in [3.05, 3.63) is 93.9 Å². The van der Waals surface area contributed by atoms with Gasteiger partial charge >= 0.3 is 0 Å². The number of aryl methyl sites for hydroxylation is 1.